The number of aromatic nitrogens is 5. The van der Waals surface area contributed by atoms with E-state index in [2.05, 4.69) is 15.3 Å². The smallest absolute Gasteiger partial charge is 0.294 e. The number of furan rings is 1. The van der Waals surface area contributed by atoms with Crippen molar-refractivity contribution in [2.45, 2.75) is 18.8 Å². The van der Waals surface area contributed by atoms with Gasteiger partial charge in [-0.1, -0.05) is 17.6 Å². The highest BCUT2D eigenvalue weighted by Gasteiger charge is 2.19. The third-order valence-corrected chi connectivity index (χ3v) is 5.84. The lowest BCUT2D eigenvalue weighted by Crippen LogP contribution is -2.26. The van der Waals surface area contributed by atoms with Crippen LogP contribution in [0.25, 0.3) is 39.1 Å². The van der Waals surface area contributed by atoms with Crippen LogP contribution in [0.5, 0.6) is 0 Å². The maximum absolute atomic E-state index is 12.7. The van der Waals surface area contributed by atoms with Crippen LogP contribution in [-0.2, 0) is 0 Å². The Kier molecular flexibility index (Phi) is 3.79. The van der Waals surface area contributed by atoms with Crippen molar-refractivity contribution in [2.75, 3.05) is 13.1 Å². The molecule has 2 N–H and O–H groups in total. The molecule has 0 saturated carbocycles. The number of fused-ring (bicyclic) bond motifs is 4. The number of rotatable bonds is 2. The summed E-state index contributed by atoms with van der Waals surface area (Å²) in [5, 5.41) is 8.96. The Balaban J connectivity index is 1.48. The highest BCUT2D eigenvalue weighted by atomic mass is 16.3. The van der Waals surface area contributed by atoms with Gasteiger partial charge < -0.3 is 14.7 Å². The van der Waals surface area contributed by atoms with Gasteiger partial charge in [0.05, 0.1) is 11.3 Å². The Morgan fingerprint density at radius 1 is 1.20 bits per heavy atom. The number of H-pyrrole nitrogens is 1. The summed E-state index contributed by atoms with van der Waals surface area (Å²) in [6, 6.07) is 7.85. The molecule has 8 nitrogen and oxygen atoms in total. The second-order valence-electron chi connectivity index (χ2n) is 7.93. The van der Waals surface area contributed by atoms with E-state index in [9.17, 15) is 4.79 Å². The van der Waals surface area contributed by atoms with E-state index in [4.69, 9.17) is 14.5 Å². The summed E-state index contributed by atoms with van der Waals surface area (Å²) < 4.78 is 7.50. The molecule has 9 heteroatoms. The monoisotopic (exact) mass is 398 g/mol. The van der Waals surface area contributed by atoms with Gasteiger partial charge in [0.1, 0.15) is 24.8 Å². The Morgan fingerprint density at radius 2 is 2.07 bits per heavy atom. The first-order valence-corrected chi connectivity index (χ1v) is 10.2. The van der Waals surface area contributed by atoms with E-state index in [1.807, 2.05) is 38.3 Å². The van der Waals surface area contributed by atoms with E-state index >= 15 is 0 Å². The molecule has 1 saturated heterocycles. The van der Waals surface area contributed by atoms with Crippen LogP contribution in [0.2, 0.25) is 0 Å². The normalized spacial score (nSPS) is 15.5. The summed E-state index contributed by atoms with van der Waals surface area (Å²) in [7, 11) is 2.00. The van der Waals surface area contributed by atoms with Gasteiger partial charge in [-0.05, 0) is 32.0 Å². The van der Waals surface area contributed by atoms with Crippen LogP contribution >= 0.6 is 0 Å². The van der Waals surface area contributed by atoms with Gasteiger partial charge in [0.15, 0.2) is 5.65 Å². The number of aromatic amines is 1. The first kappa shape index (κ1) is 17.4. The van der Waals surface area contributed by atoms with Crippen molar-refractivity contribution in [1.82, 2.24) is 29.9 Å². The van der Waals surface area contributed by atoms with Gasteiger partial charge in [0.25, 0.3) is 5.56 Å². The molecule has 1 aliphatic heterocycles. The molecular weight excluding hydrogens is 379 g/mol. The minimum Gasteiger partial charge on any atom is -0.449 e. The van der Waals surface area contributed by atoms with Crippen LogP contribution < -0.4 is 16.3 Å². The summed E-state index contributed by atoms with van der Waals surface area (Å²) in [5.41, 5.74) is 4.78. The highest BCUT2D eigenvalue weighted by molar-refractivity contribution is 6.33. The molecule has 30 heavy (non-hydrogen) atoms. The number of hydrogen-bond acceptors (Lipinski definition) is 6. The summed E-state index contributed by atoms with van der Waals surface area (Å²) >= 11 is 0. The van der Waals surface area contributed by atoms with Crippen LogP contribution in [0.15, 0.2) is 45.9 Å². The average Bonchev–Trinajstić information content (AvgIpc) is 3.35. The van der Waals surface area contributed by atoms with Gasteiger partial charge in [0.2, 0.25) is 5.58 Å². The summed E-state index contributed by atoms with van der Waals surface area (Å²) in [5.74, 6) is 0.899. The van der Waals surface area contributed by atoms with Crippen LogP contribution in [0.3, 0.4) is 0 Å². The highest BCUT2D eigenvalue weighted by Crippen LogP contribution is 2.27. The zero-order valence-corrected chi connectivity index (χ0v) is 16.5. The molecule has 1 aromatic carbocycles. The second kappa shape index (κ2) is 6.53. The van der Waals surface area contributed by atoms with Gasteiger partial charge in [-0.25, -0.2) is 14.5 Å². The Morgan fingerprint density at radius 3 is 2.93 bits per heavy atom. The largest absolute Gasteiger partial charge is 0.449 e. The molecule has 0 unspecified atom stereocenters. The van der Waals surface area contributed by atoms with Gasteiger partial charge in [-0.2, -0.15) is 5.10 Å². The number of nitrogens with zero attached hydrogens (tertiary/aromatic N) is 4. The fraction of sp³-hybridized carbons (Fsp3) is 0.238. The molecule has 0 amide bonds. The lowest BCUT2D eigenvalue weighted by Gasteiger charge is -2.20. The van der Waals surface area contributed by atoms with E-state index in [0.29, 0.717) is 28.4 Å². The van der Waals surface area contributed by atoms with Crippen molar-refractivity contribution in [3.8, 4) is 11.4 Å². The van der Waals surface area contributed by atoms with Crippen LogP contribution in [0.4, 0.5) is 0 Å². The summed E-state index contributed by atoms with van der Waals surface area (Å²) in [6.45, 7) is 2.03. The molecule has 0 radical (unpaired) electrons. The van der Waals surface area contributed by atoms with Crippen molar-refractivity contribution >= 4 is 41.0 Å². The fourth-order valence-corrected chi connectivity index (χ4v) is 4.24. The molecule has 4 aromatic heterocycles. The Bertz CT molecular complexity index is 1480. The first-order chi connectivity index (χ1) is 14.7. The van der Waals surface area contributed by atoms with E-state index in [0.717, 1.165) is 48.1 Å². The lowest BCUT2D eigenvalue weighted by atomic mass is 9.95. The summed E-state index contributed by atoms with van der Waals surface area (Å²) in [4.78, 5) is 24.7. The SMILES string of the molecule is Bc1ccc2oc3c(=O)[nH]c(-c4cnc5cc(C6CCNCC6)nn5c4)nc3c2c1. The Labute approximate surface area is 171 Å². The molecular formula is C21H19BN6O2. The van der Waals surface area contributed by atoms with E-state index in [1.165, 1.54) is 0 Å². The third kappa shape index (κ3) is 2.73. The lowest BCUT2D eigenvalue weighted by molar-refractivity contribution is 0.452. The predicted octanol–water partition coefficient (Wildman–Crippen LogP) is 1.10. The number of nitrogens with one attached hydrogen (secondary N) is 2. The van der Waals surface area contributed by atoms with Crippen molar-refractivity contribution < 1.29 is 4.42 Å². The maximum atomic E-state index is 12.7. The topological polar surface area (TPSA) is 101 Å². The molecule has 0 atom stereocenters. The van der Waals surface area contributed by atoms with E-state index < -0.39 is 0 Å². The maximum Gasteiger partial charge on any atom is 0.294 e. The molecule has 1 aliphatic rings. The molecule has 148 valence electrons. The van der Waals surface area contributed by atoms with Crippen molar-refractivity contribution in [3.05, 3.63) is 52.7 Å². The van der Waals surface area contributed by atoms with Crippen LogP contribution in [0.1, 0.15) is 24.5 Å². The van der Waals surface area contributed by atoms with Gasteiger partial charge in [-0.15, -0.1) is 0 Å². The number of hydrogen-bond donors (Lipinski definition) is 2. The van der Waals surface area contributed by atoms with Gasteiger partial charge in [0, 0.05) is 29.8 Å². The van der Waals surface area contributed by atoms with Gasteiger partial charge in [-0.3, -0.25) is 4.79 Å². The molecule has 1 fully saturated rings. The minimum absolute atomic E-state index is 0.237. The van der Waals surface area contributed by atoms with Crippen LogP contribution in [-0.4, -0.2) is 45.5 Å². The van der Waals surface area contributed by atoms with Gasteiger partial charge >= 0.3 is 0 Å². The van der Waals surface area contributed by atoms with Crippen molar-refractivity contribution in [2.24, 2.45) is 0 Å². The molecule has 5 aromatic rings. The zero-order chi connectivity index (χ0) is 20.2. The van der Waals surface area contributed by atoms with E-state index in [-0.39, 0.29) is 11.1 Å². The van der Waals surface area contributed by atoms with E-state index in [1.54, 1.807) is 10.7 Å². The fourth-order valence-electron chi connectivity index (χ4n) is 4.24. The third-order valence-electron chi connectivity index (χ3n) is 5.84. The molecule has 0 bridgehead atoms. The summed E-state index contributed by atoms with van der Waals surface area (Å²) in [6.07, 6.45) is 5.75. The zero-order valence-electron chi connectivity index (χ0n) is 16.5. The first-order valence-electron chi connectivity index (χ1n) is 10.2. The minimum atomic E-state index is -0.306. The predicted molar refractivity (Wildman–Crippen MR) is 117 cm³/mol. The average molecular weight is 398 g/mol. The standard InChI is InChI=1S/C21H19BN6O2/c22-13-1-2-16-14(7-13)18-19(30-16)21(29)26-20(25-18)12-9-24-17-8-15(27-28(17)10-12)11-3-5-23-6-4-11/h1-2,7-11,23H,3-6,22H2,(H,25,26,29). The second-order valence-corrected chi connectivity index (χ2v) is 7.93. The Hall–Kier alpha value is -3.46. The molecule has 5 heterocycles. The molecule has 6 rings (SSSR count). The number of piperidine rings is 1. The number of benzene rings is 1. The van der Waals surface area contributed by atoms with Crippen LogP contribution in [0, 0.1) is 0 Å². The van der Waals surface area contributed by atoms with Crippen molar-refractivity contribution in [1.29, 1.82) is 0 Å². The van der Waals surface area contributed by atoms with Crippen molar-refractivity contribution in [3.63, 3.8) is 0 Å². The molecule has 0 spiro atoms. The quantitative estimate of drug-likeness (QED) is 0.432. The molecule has 0 aliphatic carbocycles.